The fraction of sp³-hybridized carbons (Fsp3) is 0.769. The predicted octanol–water partition coefficient (Wildman–Crippen LogP) is 1.61. The zero-order valence-corrected chi connectivity index (χ0v) is 22.6. The maximum atomic E-state index is 13.4. The smallest absolute Gasteiger partial charge is 0.303 e. The molecule has 0 aromatic rings. The third kappa shape index (κ3) is 10.3. The molecule has 2 amide bonds. The molecule has 0 aliphatic heterocycles. The summed E-state index contributed by atoms with van der Waals surface area (Å²) in [5.74, 6) is -5.12. The van der Waals surface area contributed by atoms with Gasteiger partial charge in [-0.25, -0.2) is 0 Å². The summed E-state index contributed by atoms with van der Waals surface area (Å²) >= 11 is 0. The van der Waals surface area contributed by atoms with Crippen LogP contribution in [0.2, 0.25) is 0 Å². The van der Waals surface area contributed by atoms with Gasteiger partial charge in [-0.3, -0.25) is 28.8 Å². The van der Waals surface area contributed by atoms with Crippen molar-refractivity contribution in [2.75, 3.05) is 0 Å². The summed E-state index contributed by atoms with van der Waals surface area (Å²) in [6.45, 7) is 4.22. The minimum Gasteiger partial charge on any atom is -0.454 e. The molecule has 12 nitrogen and oxygen atoms in total. The molecule has 2 aliphatic carbocycles. The summed E-state index contributed by atoms with van der Waals surface area (Å²) < 4.78 is 21.3. The van der Waals surface area contributed by atoms with Crippen LogP contribution in [0.3, 0.4) is 0 Å². The Kier molecular flexibility index (Phi) is 12.5. The van der Waals surface area contributed by atoms with Crippen molar-refractivity contribution in [1.82, 2.24) is 10.6 Å². The topological polar surface area (TPSA) is 163 Å². The van der Waals surface area contributed by atoms with Gasteiger partial charge in [0.25, 0.3) is 11.8 Å². The van der Waals surface area contributed by atoms with Crippen LogP contribution < -0.4 is 10.6 Å². The predicted molar refractivity (Wildman–Crippen MR) is 132 cm³/mol. The van der Waals surface area contributed by atoms with Crippen LogP contribution in [-0.2, 0) is 47.7 Å². The van der Waals surface area contributed by atoms with Gasteiger partial charge in [0.15, 0.2) is 12.2 Å². The summed E-state index contributed by atoms with van der Waals surface area (Å²) in [5, 5.41) is 5.61. The molecule has 2 N–H and O–H groups in total. The fourth-order valence-corrected chi connectivity index (χ4v) is 4.94. The first-order valence-corrected chi connectivity index (χ1v) is 13.3. The molecule has 2 fully saturated rings. The van der Waals surface area contributed by atoms with Gasteiger partial charge in [-0.15, -0.1) is 0 Å². The van der Waals surface area contributed by atoms with E-state index in [0.717, 1.165) is 66.2 Å². The molecule has 0 spiro atoms. The largest absolute Gasteiger partial charge is 0.454 e. The van der Waals surface area contributed by atoms with Gasteiger partial charge in [-0.05, 0) is 25.7 Å². The molecule has 0 bridgehead atoms. The van der Waals surface area contributed by atoms with E-state index in [-0.39, 0.29) is 12.1 Å². The number of ether oxygens (including phenoxy) is 4. The Morgan fingerprint density at radius 1 is 0.500 bits per heavy atom. The van der Waals surface area contributed by atoms with E-state index in [1.165, 1.54) is 0 Å². The van der Waals surface area contributed by atoms with Crippen LogP contribution in [0.25, 0.3) is 0 Å². The van der Waals surface area contributed by atoms with E-state index in [0.29, 0.717) is 25.7 Å². The quantitative estimate of drug-likeness (QED) is 0.291. The number of carbonyl (C=O) groups excluding carboxylic acids is 6. The van der Waals surface area contributed by atoms with E-state index >= 15 is 0 Å². The normalized spacial score (nSPS) is 19.6. The zero-order chi connectivity index (χ0) is 28.2. The number of nitrogens with one attached hydrogen (secondary N) is 2. The minimum atomic E-state index is -1.79. The third-order valence-electron chi connectivity index (χ3n) is 6.53. The first-order chi connectivity index (χ1) is 18.0. The lowest BCUT2D eigenvalue weighted by atomic mass is 9.94. The van der Waals surface area contributed by atoms with Crippen molar-refractivity contribution < 1.29 is 47.7 Å². The van der Waals surface area contributed by atoms with E-state index in [1.807, 2.05) is 0 Å². The van der Waals surface area contributed by atoms with Crippen molar-refractivity contribution in [3.63, 3.8) is 0 Å². The molecule has 214 valence electrons. The Hall–Kier alpha value is -3.18. The molecule has 0 unspecified atom stereocenters. The number of carbonyl (C=O) groups is 6. The minimum absolute atomic E-state index is 0.196. The highest BCUT2D eigenvalue weighted by atomic mass is 16.6. The molecule has 2 saturated carbocycles. The lowest BCUT2D eigenvalue weighted by Gasteiger charge is -2.35. The maximum absolute atomic E-state index is 13.4. The van der Waals surface area contributed by atoms with Gasteiger partial charge in [0, 0.05) is 39.8 Å². The van der Waals surface area contributed by atoms with Crippen LogP contribution in [0.1, 0.15) is 91.9 Å². The molecule has 2 aliphatic rings. The van der Waals surface area contributed by atoms with Crippen molar-refractivity contribution >= 4 is 35.7 Å². The van der Waals surface area contributed by atoms with Gasteiger partial charge in [-0.2, -0.15) is 0 Å². The Bertz CT molecular complexity index is 794. The molecule has 38 heavy (non-hydrogen) atoms. The van der Waals surface area contributed by atoms with Gasteiger partial charge < -0.3 is 29.6 Å². The molecule has 0 aromatic carbocycles. The van der Waals surface area contributed by atoms with Gasteiger partial charge in [0.05, 0.1) is 0 Å². The lowest BCUT2D eigenvalue weighted by molar-refractivity contribution is -0.200. The number of hydrogen-bond acceptors (Lipinski definition) is 10. The number of rotatable bonds is 11. The van der Waals surface area contributed by atoms with Crippen LogP contribution in [0, 0.1) is 0 Å². The summed E-state index contributed by atoms with van der Waals surface area (Å²) in [6, 6.07) is -0.392. The standard InChI is InChI=1S/C26H40N2O10/c1-15(29)35-21(23(37-17(3)31)25(33)27-19-11-7-5-8-12-19)22(36-16(2)30)24(38-18(4)32)26(34)28-20-13-9-6-10-14-20/h19-24H,5-14H2,1-4H3,(H,27,33)(H,28,34)/t21-,22-,23-,24+/m0/s1. The van der Waals surface area contributed by atoms with Crippen LogP contribution in [0.15, 0.2) is 0 Å². The molecule has 4 atom stereocenters. The maximum Gasteiger partial charge on any atom is 0.303 e. The summed E-state index contributed by atoms with van der Waals surface area (Å²) in [6.07, 6.45) is 1.38. The summed E-state index contributed by atoms with van der Waals surface area (Å²) in [5.41, 5.74) is 0. The average Bonchev–Trinajstić information content (AvgIpc) is 2.84. The van der Waals surface area contributed by atoms with Crippen LogP contribution in [0.5, 0.6) is 0 Å². The van der Waals surface area contributed by atoms with Crippen LogP contribution in [-0.4, -0.2) is 72.2 Å². The van der Waals surface area contributed by atoms with E-state index in [4.69, 9.17) is 18.9 Å². The second-order valence-corrected chi connectivity index (χ2v) is 9.90. The monoisotopic (exact) mass is 540 g/mol. The van der Waals surface area contributed by atoms with E-state index in [2.05, 4.69) is 10.6 Å². The molecular formula is C26H40N2O10. The van der Waals surface area contributed by atoms with Gasteiger partial charge >= 0.3 is 23.9 Å². The highest BCUT2D eigenvalue weighted by molar-refractivity contribution is 5.87. The van der Waals surface area contributed by atoms with E-state index < -0.39 is 60.1 Å². The fourth-order valence-electron chi connectivity index (χ4n) is 4.94. The van der Waals surface area contributed by atoms with Gasteiger partial charge in [0.1, 0.15) is 0 Å². The van der Waals surface area contributed by atoms with E-state index in [9.17, 15) is 28.8 Å². The van der Waals surface area contributed by atoms with E-state index in [1.54, 1.807) is 0 Å². The molecule has 2 rings (SSSR count). The SMILES string of the molecule is CC(=O)O[C@@H]([C@H](OC(C)=O)[C@@H](OC(C)=O)C(=O)NC1CCCCC1)[C@H](OC(C)=O)C(=O)NC1CCCCC1. The second-order valence-electron chi connectivity index (χ2n) is 9.90. The van der Waals surface area contributed by atoms with Crippen molar-refractivity contribution in [2.24, 2.45) is 0 Å². The van der Waals surface area contributed by atoms with Crippen molar-refractivity contribution in [1.29, 1.82) is 0 Å². The number of hydrogen-bond donors (Lipinski definition) is 2. The Morgan fingerprint density at radius 2 is 0.789 bits per heavy atom. The highest BCUT2D eigenvalue weighted by Crippen LogP contribution is 2.23. The molecule has 12 heteroatoms. The first-order valence-electron chi connectivity index (χ1n) is 13.3. The Balaban J connectivity index is 2.46. The Labute approximate surface area is 222 Å². The Morgan fingerprint density at radius 3 is 1.05 bits per heavy atom. The zero-order valence-electron chi connectivity index (χ0n) is 22.6. The molecule has 0 saturated heterocycles. The molecule has 0 radical (unpaired) electrons. The first kappa shape index (κ1) is 31.0. The molecule has 0 aromatic heterocycles. The summed E-state index contributed by atoms with van der Waals surface area (Å²) in [4.78, 5) is 75.0. The van der Waals surface area contributed by atoms with Gasteiger partial charge in [0.2, 0.25) is 12.2 Å². The molecular weight excluding hydrogens is 500 g/mol. The lowest BCUT2D eigenvalue weighted by Crippen LogP contribution is -2.60. The number of esters is 4. The van der Waals surface area contributed by atoms with Crippen molar-refractivity contribution in [3.8, 4) is 0 Å². The highest BCUT2D eigenvalue weighted by Gasteiger charge is 2.49. The summed E-state index contributed by atoms with van der Waals surface area (Å²) in [7, 11) is 0. The van der Waals surface area contributed by atoms with Gasteiger partial charge in [-0.1, -0.05) is 38.5 Å². The average molecular weight is 541 g/mol. The molecule has 0 heterocycles. The van der Waals surface area contributed by atoms with Crippen molar-refractivity contribution in [3.05, 3.63) is 0 Å². The number of amides is 2. The van der Waals surface area contributed by atoms with Crippen LogP contribution in [0.4, 0.5) is 0 Å². The van der Waals surface area contributed by atoms with Crippen LogP contribution >= 0.6 is 0 Å². The third-order valence-corrected chi connectivity index (χ3v) is 6.53. The second kappa shape index (κ2) is 15.3. The van der Waals surface area contributed by atoms with Crippen molar-refractivity contribution in [2.45, 2.75) is 128 Å².